The van der Waals surface area contributed by atoms with Gasteiger partial charge in [-0.15, -0.1) is 0 Å². The number of aliphatic hydroxyl groups is 1. The number of ether oxygens (including phenoxy) is 1. The molecule has 0 fully saturated rings. The third-order valence-electron chi connectivity index (χ3n) is 2.81. The predicted octanol–water partition coefficient (Wildman–Crippen LogP) is 1.18. The highest BCUT2D eigenvalue weighted by molar-refractivity contribution is 5.75. The minimum atomic E-state index is -0.966. The van der Waals surface area contributed by atoms with Crippen molar-refractivity contribution < 1.29 is 19.7 Å². The van der Waals surface area contributed by atoms with Crippen LogP contribution in [0, 0.1) is 0 Å². The number of benzene rings is 1. The van der Waals surface area contributed by atoms with Gasteiger partial charge in [-0.25, -0.2) is 0 Å². The summed E-state index contributed by atoms with van der Waals surface area (Å²) >= 11 is 0. The Morgan fingerprint density at radius 3 is 2.39 bits per heavy atom. The molecule has 1 rings (SSSR count). The van der Waals surface area contributed by atoms with Crippen LogP contribution in [0.5, 0.6) is 5.75 Å². The molecule has 0 amide bonds. The summed E-state index contributed by atoms with van der Waals surface area (Å²) in [7, 11) is 1.56. The van der Waals surface area contributed by atoms with Gasteiger partial charge in [-0.3, -0.25) is 10.1 Å². The molecule has 1 aromatic carbocycles. The second-order valence-electron chi connectivity index (χ2n) is 4.00. The van der Waals surface area contributed by atoms with E-state index in [-0.39, 0.29) is 12.6 Å². The maximum atomic E-state index is 11.2. The molecule has 3 N–H and O–H groups in total. The van der Waals surface area contributed by atoms with Crippen LogP contribution in [-0.4, -0.2) is 35.9 Å². The van der Waals surface area contributed by atoms with Crippen LogP contribution in [0.25, 0.3) is 0 Å². The topological polar surface area (TPSA) is 78.8 Å². The highest BCUT2D eigenvalue weighted by Crippen LogP contribution is 2.18. The Balaban J connectivity index is 2.86. The lowest BCUT2D eigenvalue weighted by Gasteiger charge is -2.21. The van der Waals surface area contributed by atoms with Crippen molar-refractivity contribution in [2.24, 2.45) is 0 Å². The predicted molar refractivity (Wildman–Crippen MR) is 67.7 cm³/mol. The van der Waals surface area contributed by atoms with E-state index < -0.39 is 12.0 Å². The highest BCUT2D eigenvalue weighted by atomic mass is 16.5. The van der Waals surface area contributed by atoms with Gasteiger partial charge in [0.15, 0.2) is 0 Å². The normalized spacial score (nSPS) is 13.9. The zero-order valence-corrected chi connectivity index (χ0v) is 10.6. The van der Waals surface area contributed by atoms with Crippen molar-refractivity contribution in [3.05, 3.63) is 29.8 Å². The first-order valence-electron chi connectivity index (χ1n) is 5.86. The van der Waals surface area contributed by atoms with Crippen molar-refractivity contribution >= 4 is 5.97 Å². The van der Waals surface area contributed by atoms with Gasteiger partial charge in [0.2, 0.25) is 0 Å². The van der Waals surface area contributed by atoms with E-state index in [4.69, 9.17) is 9.84 Å². The zero-order chi connectivity index (χ0) is 13.5. The first-order chi connectivity index (χ1) is 8.62. The molecule has 0 aliphatic heterocycles. The molecule has 0 heterocycles. The smallest absolute Gasteiger partial charge is 0.325 e. The average molecular weight is 253 g/mol. The molecule has 0 bridgehead atoms. The van der Waals surface area contributed by atoms with Crippen LogP contribution in [0.1, 0.15) is 24.9 Å². The maximum absolute atomic E-state index is 11.2. The average Bonchev–Trinajstić information content (AvgIpc) is 2.40. The molecule has 1 aromatic rings. The molecule has 0 aliphatic rings. The molecule has 2 atom stereocenters. The van der Waals surface area contributed by atoms with Gasteiger partial charge in [0.1, 0.15) is 11.8 Å². The Morgan fingerprint density at radius 2 is 2.00 bits per heavy atom. The highest BCUT2D eigenvalue weighted by Gasteiger charge is 2.22. The lowest BCUT2D eigenvalue weighted by Crippen LogP contribution is -2.38. The Labute approximate surface area is 106 Å². The monoisotopic (exact) mass is 253 g/mol. The SMILES string of the molecule is CCC(CO)NC(C(=O)O)c1ccc(OC)cc1. The van der Waals surface area contributed by atoms with E-state index in [1.165, 1.54) is 0 Å². The molecular formula is C13H19NO4. The fourth-order valence-corrected chi connectivity index (χ4v) is 1.64. The van der Waals surface area contributed by atoms with Gasteiger partial charge >= 0.3 is 5.97 Å². The van der Waals surface area contributed by atoms with Gasteiger partial charge < -0.3 is 14.9 Å². The van der Waals surface area contributed by atoms with Crippen LogP contribution in [0.4, 0.5) is 0 Å². The minimum absolute atomic E-state index is 0.0869. The standard InChI is InChI=1S/C13H19NO4/c1-3-10(8-15)14-12(13(16)17)9-4-6-11(18-2)7-5-9/h4-7,10,12,14-15H,3,8H2,1-2H3,(H,16,17). The van der Waals surface area contributed by atoms with Crippen LogP contribution >= 0.6 is 0 Å². The number of aliphatic hydroxyl groups excluding tert-OH is 1. The number of aliphatic carboxylic acids is 1. The molecular weight excluding hydrogens is 234 g/mol. The Kier molecular flexibility index (Phi) is 5.61. The number of carboxylic acid groups (broad SMARTS) is 1. The summed E-state index contributed by atoms with van der Waals surface area (Å²) in [5, 5.41) is 21.2. The van der Waals surface area contributed by atoms with Crippen LogP contribution in [0.3, 0.4) is 0 Å². The fraction of sp³-hybridized carbons (Fsp3) is 0.462. The molecule has 5 nitrogen and oxygen atoms in total. The van der Waals surface area contributed by atoms with Crippen LogP contribution in [0.15, 0.2) is 24.3 Å². The van der Waals surface area contributed by atoms with E-state index in [0.29, 0.717) is 17.7 Å². The van der Waals surface area contributed by atoms with Crippen molar-refractivity contribution in [2.75, 3.05) is 13.7 Å². The number of hydrogen-bond donors (Lipinski definition) is 3. The number of hydrogen-bond acceptors (Lipinski definition) is 4. The van der Waals surface area contributed by atoms with Crippen molar-refractivity contribution in [3.8, 4) is 5.75 Å². The van der Waals surface area contributed by atoms with Crippen molar-refractivity contribution in [1.82, 2.24) is 5.32 Å². The molecule has 0 aliphatic carbocycles. The molecule has 5 heteroatoms. The van der Waals surface area contributed by atoms with Gasteiger partial charge in [0.25, 0.3) is 0 Å². The van der Waals surface area contributed by atoms with Crippen LogP contribution < -0.4 is 10.1 Å². The summed E-state index contributed by atoms with van der Waals surface area (Å²) in [6.07, 6.45) is 0.663. The number of rotatable bonds is 7. The Hall–Kier alpha value is -1.59. The van der Waals surface area contributed by atoms with E-state index in [9.17, 15) is 9.90 Å². The van der Waals surface area contributed by atoms with Crippen molar-refractivity contribution in [3.63, 3.8) is 0 Å². The van der Waals surface area contributed by atoms with Crippen LogP contribution in [-0.2, 0) is 4.79 Å². The lowest BCUT2D eigenvalue weighted by molar-refractivity contribution is -0.140. The molecule has 0 saturated carbocycles. The fourth-order valence-electron chi connectivity index (χ4n) is 1.64. The quantitative estimate of drug-likeness (QED) is 0.680. The van der Waals surface area contributed by atoms with Crippen LogP contribution in [0.2, 0.25) is 0 Å². The minimum Gasteiger partial charge on any atom is -0.497 e. The van der Waals surface area contributed by atoms with E-state index in [1.54, 1.807) is 31.4 Å². The van der Waals surface area contributed by atoms with Gasteiger partial charge in [0, 0.05) is 6.04 Å². The first-order valence-corrected chi connectivity index (χ1v) is 5.86. The molecule has 0 aromatic heterocycles. The molecule has 0 radical (unpaired) electrons. The third-order valence-corrected chi connectivity index (χ3v) is 2.81. The van der Waals surface area contributed by atoms with E-state index in [0.717, 1.165) is 0 Å². The third kappa shape index (κ3) is 3.72. The van der Waals surface area contributed by atoms with Gasteiger partial charge in [-0.2, -0.15) is 0 Å². The Bertz CT molecular complexity index is 373. The number of nitrogens with one attached hydrogen (secondary N) is 1. The number of carboxylic acids is 1. The number of methoxy groups -OCH3 is 1. The molecule has 0 spiro atoms. The van der Waals surface area contributed by atoms with E-state index in [2.05, 4.69) is 5.32 Å². The lowest BCUT2D eigenvalue weighted by atomic mass is 10.1. The van der Waals surface area contributed by atoms with Gasteiger partial charge in [0.05, 0.1) is 13.7 Å². The molecule has 2 unspecified atom stereocenters. The van der Waals surface area contributed by atoms with Crippen molar-refractivity contribution in [1.29, 1.82) is 0 Å². The molecule has 100 valence electrons. The number of carbonyl (C=O) groups is 1. The summed E-state index contributed by atoms with van der Waals surface area (Å²) in [6, 6.07) is 5.78. The summed E-state index contributed by atoms with van der Waals surface area (Å²) in [6.45, 7) is 1.80. The summed E-state index contributed by atoms with van der Waals surface area (Å²) in [5.41, 5.74) is 0.634. The zero-order valence-electron chi connectivity index (χ0n) is 10.6. The summed E-state index contributed by atoms with van der Waals surface area (Å²) in [4.78, 5) is 11.2. The molecule has 0 saturated heterocycles. The van der Waals surface area contributed by atoms with Gasteiger partial charge in [-0.05, 0) is 24.1 Å². The largest absolute Gasteiger partial charge is 0.497 e. The van der Waals surface area contributed by atoms with E-state index in [1.807, 2.05) is 6.92 Å². The second kappa shape index (κ2) is 6.98. The molecule has 18 heavy (non-hydrogen) atoms. The summed E-state index contributed by atoms with van der Waals surface area (Å²) in [5.74, 6) is -0.288. The first kappa shape index (κ1) is 14.5. The Morgan fingerprint density at radius 1 is 1.39 bits per heavy atom. The summed E-state index contributed by atoms with van der Waals surface area (Å²) < 4.78 is 5.02. The van der Waals surface area contributed by atoms with E-state index >= 15 is 0 Å². The van der Waals surface area contributed by atoms with Gasteiger partial charge in [-0.1, -0.05) is 19.1 Å². The maximum Gasteiger partial charge on any atom is 0.325 e. The van der Waals surface area contributed by atoms with Crippen molar-refractivity contribution in [2.45, 2.75) is 25.4 Å². The second-order valence-corrected chi connectivity index (χ2v) is 4.00.